The molecule has 1 atom stereocenters. The van der Waals surface area contributed by atoms with E-state index in [1.54, 1.807) is 6.92 Å². The van der Waals surface area contributed by atoms with Crippen LogP contribution in [-0.4, -0.2) is 10.9 Å². The second-order valence-electron chi connectivity index (χ2n) is 6.39. The molecular formula is C22H22N2O. The van der Waals surface area contributed by atoms with Gasteiger partial charge in [0, 0.05) is 22.5 Å². The minimum Gasteiger partial charge on any atom is -0.361 e. The molecule has 1 aliphatic rings. The summed E-state index contributed by atoms with van der Waals surface area (Å²) in [6.45, 7) is 5.98. The Bertz CT molecular complexity index is 1010. The number of benzene rings is 1. The summed E-state index contributed by atoms with van der Waals surface area (Å²) < 4.78 is 0. The van der Waals surface area contributed by atoms with Crippen LogP contribution in [0.3, 0.4) is 0 Å². The SMILES string of the molecule is CC#CC(=O)Nc1cccc(C2=CC(C)CC=c3[nH]cc(C)c3=C2)c1. The molecule has 0 radical (unpaired) electrons. The zero-order chi connectivity index (χ0) is 17.8. The van der Waals surface area contributed by atoms with Crippen molar-refractivity contribution in [3.05, 3.63) is 58.2 Å². The lowest BCUT2D eigenvalue weighted by molar-refractivity contribution is -0.111. The zero-order valence-electron chi connectivity index (χ0n) is 14.8. The summed E-state index contributed by atoms with van der Waals surface area (Å²) in [7, 11) is 0. The predicted molar refractivity (Wildman–Crippen MR) is 104 cm³/mol. The Morgan fingerprint density at radius 1 is 1.36 bits per heavy atom. The van der Waals surface area contributed by atoms with Gasteiger partial charge >= 0.3 is 0 Å². The minimum atomic E-state index is -0.290. The Kier molecular flexibility index (Phi) is 4.90. The van der Waals surface area contributed by atoms with Gasteiger partial charge in [0.2, 0.25) is 0 Å². The number of anilines is 1. The Morgan fingerprint density at radius 3 is 3.00 bits per heavy atom. The fourth-order valence-corrected chi connectivity index (χ4v) is 3.03. The van der Waals surface area contributed by atoms with Gasteiger partial charge in [-0.25, -0.2) is 0 Å². The lowest BCUT2D eigenvalue weighted by Gasteiger charge is -2.11. The van der Waals surface area contributed by atoms with Crippen molar-refractivity contribution >= 4 is 29.3 Å². The van der Waals surface area contributed by atoms with Gasteiger partial charge < -0.3 is 10.3 Å². The lowest BCUT2D eigenvalue weighted by atomic mass is 9.95. The first-order valence-electron chi connectivity index (χ1n) is 8.48. The molecule has 3 nitrogen and oxygen atoms in total. The highest BCUT2D eigenvalue weighted by molar-refractivity contribution is 6.04. The average molecular weight is 330 g/mol. The van der Waals surface area contributed by atoms with Gasteiger partial charge in [-0.1, -0.05) is 37.1 Å². The maximum absolute atomic E-state index is 11.7. The smallest absolute Gasteiger partial charge is 0.300 e. The zero-order valence-corrected chi connectivity index (χ0v) is 14.8. The van der Waals surface area contributed by atoms with Crippen molar-refractivity contribution < 1.29 is 4.79 Å². The van der Waals surface area contributed by atoms with E-state index < -0.39 is 0 Å². The van der Waals surface area contributed by atoms with Gasteiger partial charge in [0.1, 0.15) is 0 Å². The summed E-state index contributed by atoms with van der Waals surface area (Å²) >= 11 is 0. The predicted octanol–water partition coefficient (Wildman–Crippen LogP) is 2.97. The molecule has 2 N–H and O–H groups in total. The molecule has 3 heteroatoms. The van der Waals surface area contributed by atoms with Gasteiger partial charge in [0.15, 0.2) is 0 Å². The number of carbonyl (C=O) groups is 1. The molecule has 0 bridgehead atoms. The van der Waals surface area contributed by atoms with Crippen molar-refractivity contribution in [2.24, 2.45) is 5.92 Å². The Balaban J connectivity index is 2.05. The highest BCUT2D eigenvalue weighted by atomic mass is 16.1. The number of amides is 1. The molecule has 0 fully saturated rings. The van der Waals surface area contributed by atoms with E-state index in [1.165, 1.54) is 21.7 Å². The highest BCUT2D eigenvalue weighted by Gasteiger charge is 2.08. The first kappa shape index (κ1) is 16.9. The Labute approximate surface area is 148 Å². The van der Waals surface area contributed by atoms with E-state index in [1.807, 2.05) is 24.4 Å². The van der Waals surface area contributed by atoms with E-state index >= 15 is 0 Å². The maximum Gasteiger partial charge on any atom is 0.300 e. The van der Waals surface area contributed by atoms with Gasteiger partial charge in [-0.3, -0.25) is 4.79 Å². The summed E-state index contributed by atoms with van der Waals surface area (Å²) in [5, 5.41) is 5.23. The number of aromatic nitrogens is 1. The number of rotatable bonds is 2. The molecule has 3 rings (SSSR count). The average Bonchev–Trinajstić information content (AvgIpc) is 2.90. The number of nitrogens with one attached hydrogen (secondary N) is 2. The second kappa shape index (κ2) is 7.27. The van der Waals surface area contributed by atoms with E-state index in [0.717, 1.165) is 17.7 Å². The third-order valence-corrected chi connectivity index (χ3v) is 4.31. The molecule has 0 spiro atoms. The maximum atomic E-state index is 11.7. The lowest BCUT2D eigenvalue weighted by Crippen LogP contribution is -2.25. The molecule has 1 aliphatic carbocycles. The summed E-state index contributed by atoms with van der Waals surface area (Å²) in [4.78, 5) is 15.1. The highest BCUT2D eigenvalue weighted by Crippen LogP contribution is 2.23. The van der Waals surface area contributed by atoms with Gasteiger partial charge in [0.25, 0.3) is 5.91 Å². The molecule has 126 valence electrons. The molecule has 2 aromatic rings. The normalized spacial score (nSPS) is 16.0. The van der Waals surface area contributed by atoms with Crippen LogP contribution in [0, 0.1) is 24.7 Å². The Morgan fingerprint density at radius 2 is 2.20 bits per heavy atom. The number of hydrogen-bond acceptors (Lipinski definition) is 1. The summed E-state index contributed by atoms with van der Waals surface area (Å²) in [6, 6.07) is 7.91. The number of fused-ring (bicyclic) bond motifs is 1. The molecule has 0 saturated carbocycles. The first-order chi connectivity index (χ1) is 12.1. The number of hydrogen-bond donors (Lipinski definition) is 2. The molecular weight excluding hydrogens is 308 g/mol. The second-order valence-corrected chi connectivity index (χ2v) is 6.39. The quantitative estimate of drug-likeness (QED) is 0.817. The molecule has 1 amide bonds. The number of aryl methyl sites for hydroxylation is 1. The van der Waals surface area contributed by atoms with Gasteiger partial charge in [-0.05, 0) is 67.0 Å². The van der Waals surface area contributed by atoms with Crippen LogP contribution in [0.2, 0.25) is 0 Å². The molecule has 0 aliphatic heterocycles. The van der Waals surface area contributed by atoms with Crippen LogP contribution in [-0.2, 0) is 4.79 Å². The fourth-order valence-electron chi connectivity index (χ4n) is 3.03. The molecule has 25 heavy (non-hydrogen) atoms. The van der Waals surface area contributed by atoms with Crippen molar-refractivity contribution in [1.29, 1.82) is 0 Å². The summed E-state index contributed by atoms with van der Waals surface area (Å²) in [5.74, 6) is 5.27. The third kappa shape index (κ3) is 3.92. The fraction of sp³-hybridized carbons (Fsp3) is 0.227. The summed E-state index contributed by atoms with van der Waals surface area (Å²) in [6.07, 6.45) is 9.81. The van der Waals surface area contributed by atoms with Crippen LogP contribution in [0.15, 0.2) is 36.5 Å². The number of allylic oxidation sites excluding steroid dienone is 2. The van der Waals surface area contributed by atoms with Gasteiger partial charge in [-0.2, -0.15) is 0 Å². The van der Waals surface area contributed by atoms with Crippen LogP contribution in [0.5, 0.6) is 0 Å². The first-order valence-corrected chi connectivity index (χ1v) is 8.48. The number of carbonyl (C=O) groups excluding carboxylic acids is 1. The van der Waals surface area contributed by atoms with Crippen LogP contribution in [0.1, 0.15) is 31.4 Å². The van der Waals surface area contributed by atoms with E-state index in [4.69, 9.17) is 0 Å². The molecule has 1 heterocycles. The molecule has 1 aromatic carbocycles. The summed E-state index contributed by atoms with van der Waals surface area (Å²) in [5.41, 5.74) is 4.24. The van der Waals surface area contributed by atoms with E-state index in [0.29, 0.717) is 5.92 Å². The van der Waals surface area contributed by atoms with Crippen molar-refractivity contribution in [3.63, 3.8) is 0 Å². The van der Waals surface area contributed by atoms with Crippen molar-refractivity contribution in [1.82, 2.24) is 4.98 Å². The van der Waals surface area contributed by atoms with Crippen LogP contribution in [0.4, 0.5) is 5.69 Å². The number of H-pyrrole nitrogens is 1. The van der Waals surface area contributed by atoms with Crippen molar-refractivity contribution in [3.8, 4) is 11.8 Å². The minimum absolute atomic E-state index is 0.290. The monoisotopic (exact) mass is 330 g/mol. The van der Waals surface area contributed by atoms with E-state index in [9.17, 15) is 4.79 Å². The van der Waals surface area contributed by atoms with Crippen LogP contribution < -0.4 is 15.9 Å². The molecule has 1 unspecified atom stereocenters. The molecule has 1 aromatic heterocycles. The topological polar surface area (TPSA) is 44.9 Å². The largest absolute Gasteiger partial charge is 0.361 e. The van der Waals surface area contributed by atoms with Crippen LogP contribution >= 0.6 is 0 Å². The van der Waals surface area contributed by atoms with Gasteiger partial charge in [0.05, 0.1) is 0 Å². The van der Waals surface area contributed by atoms with Crippen molar-refractivity contribution in [2.75, 3.05) is 5.32 Å². The number of aromatic amines is 1. The van der Waals surface area contributed by atoms with E-state index in [-0.39, 0.29) is 5.91 Å². The Hall–Kier alpha value is -2.99. The van der Waals surface area contributed by atoms with Crippen LogP contribution in [0.25, 0.3) is 17.7 Å². The van der Waals surface area contributed by atoms with Gasteiger partial charge in [-0.15, -0.1) is 0 Å². The standard InChI is InChI=1S/C22H22N2O/c1-4-6-22(25)24-19-8-5-7-17(12-19)18-11-15(2)9-10-21-20(13-18)16(3)14-23-21/h5,7-8,10-15,23H,9H2,1-3H3,(H,24,25). The van der Waals surface area contributed by atoms with Crippen molar-refractivity contribution in [2.45, 2.75) is 27.2 Å². The van der Waals surface area contributed by atoms with E-state index in [2.05, 4.69) is 60.3 Å². The third-order valence-electron chi connectivity index (χ3n) is 4.31. The molecule has 0 saturated heterocycles.